The van der Waals surface area contributed by atoms with Crippen molar-refractivity contribution in [2.24, 2.45) is 5.73 Å². The zero-order chi connectivity index (χ0) is 16.3. The molecule has 0 aromatic carbocycles. The van der Waals surface area contributed by atoms with Crippen LogP contribution in [0.25, 0.3) is 0 Å². The van der Waals surface area contributed by atoms with Crippen LogP contribution in [0.15, 0.2) is 0 Å². The van der Waals surface area contributed by atoms with Crippen LogP contribution in [0.4, 0.5) is 10.5 Å². The molecule has 1 heterocycles. The van der Waals surface area contributed by atoms with Gasteiger partial charge in [-0.15, -0.1) is 0 Å². The molecule has 0 saturated carbocycles. The van der Waals surface area contributed by atoms with Gasteiger partial charge in [0.25, 0.3) is 5.91 Å². The van der Waals surface area contributed by atoms with E-state index < -0.39 is 29.7 Å². The summed E-state index contributed by atoms with van der Waals surface area (Å²) >= 11 is 17.2. The van der Waals surface area contributed by atoms with Gasteiger partial charge in [0, 0.05) is 0 Å². The fourth-order valence-electron chi connectivity index (χ4n) is 1.16. The number of aromatic nitrogens is 1. The van der Waals surface area contributed by atoms with Crippen LogP contribution >= 0.6 is 34.8 Å². The molecule has 0 bridgehead atoms. The number of urea groups is 1. The molecule has 3 amide bonds. The molecule has 1 atom stereocenters. The van der Waals surface area contributed by atoms with Gasteiger partial charge in [-0.05, 0) is 6.92 Å². The zero-order valence-electron chi connectivity index (χ0n) is 10.4. The molecule has 8 nitrogen and oxygen atoms in total. The van der Waals surface area contributed by atoms with Crippen molar-refractivity contribution in [2.75, 3.05) is 5.73 Å². The maximum absolute atomic E-state index is 11.9. The molecule has 0 unspecified atom stereocenters. The van der Waals surface area contributed by atoms with E-state index in [9.17, 15) is 14.4 Å². The third kappa shape index (κ3) is 4.10. The number of pyridine rings is 1. The van der Waals surface area contributed by atoms with Crippen LogP contribution in [0.2, 0.25) is 15.2 Å². The lowest BCUT2D eigenvalue weighted by atomic mass is 10.3. The Labute approximate surface area is 133 Å². The largest absolute Gasteiger partial charge is 0.448 e. The van der Waals surface area contributed by atoms with E-state index in [0.29, 0.717) is 0 Å². The first kappa shape index (κ1) is 17.3. The maximum atomic E-state index is 11.9. The molecule has 1 aromatic heterocycles. The van der Waals surface area contributed by atoms with Crippen molar-refractivity contribution in [2.45, 2.75) is 13.0 Å². The number of imide groups is 1. The van der Waals surface area contributed by atoms with Crippen molar-refractivity contribution < 1.29 is 19.1 Å². The first-order chi connectivity index (χ1) is 9.65. The normalized spacial score (nSPS) is 11.6. The Bertz CT molecular complexity index is 623. The zero-order valence-corrected chi connectivity index (χ0v) is 12.7. The summed E-state index contributed by atoms with van der Waals surface area (Å²) in [5, 5.41) is 1.11. The lowest BCUT2D eigenvalue weighted by Crippen LogP contribution is -2.42. The number of nitrogens with zero attached hydrogens (tertiary/aromatic N) is 1. The summed E-state index contributed by atoms with van der Waals surface area (Å²) in [6, 6.07) is -1.09. The van der Waals surface area contributed by atoms with Gasteiger partial charge < -0.3 is 16.2 Å². The van der Waals surface area contributed by atoms with Crippen LogP contribution < -0.4 is 16.8 Å². The number of carbonyl (C=O) groups is 3. The summed E-state index contributed by atoms with van der Waals surface area (Å²) < 4.78 is 4.77. The Morgan fingerprint density at radius 3 is 2.33 bits per heavy atom. The maximum Gasteiger partial charge on any atom is 0.359 e. The minimum Gasteiger partial charge on any atom is -0.448 e. The fourth-order valence-corrected chi connectivity index (χ4v) is 1.74. The van der Waals surface area contributed by atoms with E-state index in [1.54, 1.807) is 5.32 Å². The van der Waals surface area contributed by atoms with Crippen molar-refractivity contribution in [1.29, 1.82) is 0 Å². The molecule has 1 rings (SSSR count). The molecule has 0 aliphatic carbocycles. The van der Waals surface area contributed by atoms with E-state index in [0.717, 1.165) is 0 Å². The van der Waals surface area contributed by atoms with E-state index in [4.69, 9.17) is 51.0 Å². The summed E-state index contributed by atoms with van der Waals surface area (Å²) in [5.41, 5.74) is 9.73. The van der Waals surface area contributed by atoms with Gasteiger partial charge in [0.05, 0.1) is 10.7 Å². The highest BCUT2D eigenvalue weighted by Crippen LogP contribution is 2.34. The second-order valence-electron chi connectivity index (χ2n) is 3.69. The van der Waals surface area contributed by atoms with Gasteiger partial charge in [-0.2, -0.15) is 0 Å². The van der Waals surface area contributed by atoms with Crippen molar-refractivity contribution >= 4 is 58.4 Å². The van der Waals surface area contributed by atoms with Gasteiger partial charge >= 0.3 is 12.0 Å². The number of halogens is 3. The molecule has 1 aromatic rings. The number of amides is 3. The van der Waals surface area contributed by atoms with E-state index in [1.807, 2.05) is 0 Å². The second kappa shape index (κ2) is 6.79. The van der Waals surface area contributed by atoms with Crippen LogP contribution in [0.3, 0.4) is 0 Å². The van der Waals surface area contributed by atoms with Gasteiger partial charge in [0.1, 0.15) is 5.02 Å². The predicted molar refractivity (Wildman–Crippen MR) is 76.3 cm³/mol. The molecule has 5 N–H and O–H groups in total. The lowest BCUT2D eigenvalue weighted by molar-refractivity contribution is -0.127. The Kier molecular flexibility index (Phi) is 5.59. The minimum atomic E-state index is -1.32. The number of nitrogens with one attached hydrogen (secondary N) is 1. The number of primary amides is 1. The molecule has 0 radical (unpaired) electrons. The van der Waals surface area contributed by atoms with E-state index in [1.165, 1.54) is 6.92 Å². The standard InChI is InChI=1S/C10H9Cl3N4O4/c1-2(8(18)17-10(15)20)21-9(19)6-3(11)5(14)4(12)7(13)16-6/h2H,1H3,(H2,14,16)(H3,15,17,18,20)/t2-/m1/s1. The molecule has 21 heavy (non-hydrogen) atoms. The topological polar surface area (TPSA) is 137 Å². The third-order valence-electron chi connectivity index (χ3n) is 2.16. The Balaban J connectivity index is 2.95. The van der Waals surface area contributed by atoms with E-state index in [2.05, 4.69) is 4.98 Å². The summed E-state index contributed by atoms with van der Waals surface area (Å²) in [6.45, 7) is 1.21. The highest BCUT2D eigenvalue weighted by atomic mass is 35.5. The molecule has 0 spiro atoms. The first-order valence-corrected chi connectivity index (χ1v) is 6.39. The number of carbonyl (C=O) groups excluding carboxylic acids is 3. The molecule has 0 fully saturated rings. The van der Waals surface area contributed by atoms with Gasteiger partial charge in [-0.1, -0.05) is 34.8 Å². The van der Waals surface area contributed by atoms with Crippen LogP contribution in [-0.4, -0.2) is 29.0 Å². The van der Waals surface area contributed by atoms with Gasteiger partial charge in [0.15, 0.2) is 17.0 Å². The third-order valence-corrected chi connectivity index (χ3v) is 3.30. The van der Waals surface area contributed by atoms with Crippen LogP contribution in [0.1, 0.15) is 17.4 Å². The quantitative estimate of drug-likeness (QED) is 0.553. The van der Waals surface area contributed by atoms with E-state index >= 15 is 0 Å². The Hall–Kier alpha value is -1.77. The molecule has 0 aliphatic rings. The summed E-state index contributed by atoms with van der Waals surface area (Å²) in [6.07, 6.45) is -1.32. The van der Waals surface area contributed by atoms with Crippen molar-refractivity contribution in [3.63, 3.8) is 0 Å². The average molecular weight is 356 g/mol. The Morgan fingerprint density at radius 1 is 1.24 bits per heavy atom. The Morgan fingerprint density at radius 2 is 1.81 bits per heavy atom. The van der Waals surface area contributed by atoms with Gasteiger partial charge in [-0.3, -0.25) is 10.1 Å². The van der Waals surface area contributed by atoms with Crippen LogP contribution in [0, 0.1) is 0 Å². The molecule has 0 aliphatic heterocycles. The van der Waals surface area contributed by atoms with Crippen molar-refractivity contribution in [3.05, 3.63) is 20.9 Å². The van der Waals surface area contributed by atoms with Gasteiger partial charge in [0.2, 0.25) is 0 Å². The lowest BCUT2D eigenvalue weighted by Gasteiger charge is -2.13. The van der Waals surface area contributed by atoms with Crippen LogP contribution in [0.5, 0.6) is 0 Å². The van der Waals surface area contributed by atoms with E-state index in [-0.39, 0.29) is 20.9 Å². The molecule has 0 saturated heterocycles. The van der Waals surface area contributed by atoms with Crippen LogP contribution in [-0.2, 0) is 9.53 Å². The fraction of sp³-hybridized carbons (Fsp3) is 0.200. The summed E-state index contributed by atoms with van der Waals surface area (Å²) in [4.78, 5) is 37.4. The highest BCUT2D eigenvalue weighted by molar-refractivity contribution is 6.46. The van der Waals surface area contributed by atoms with Crippen molar-refractivity contribution in [3.8, 4) is 0 Å². The number of anilines is 1. The SMILES string of the molecule is C[C@@H](OC(=O)c1nc(Cl)c(Cl)c(N)c1Cl)C(=O)NC(N)=O. The number of hydrogen-bond donors (Lipinski definition) is 3. The molecular weight excluding hydrogens is 346 g/mol. The van der Waals surface area contributed by atoms with Gasteiger partial charge in [-0.25, -0.2) is 14.6 Å². The molecule has 114 valence electrons. The first-order valence-electron chi connectivity index (χ1n) is 5.26. The molecule has 11 heteroatoms. The average Bonchev–Trinajstić information content (AvgIpc) is 2.39. The summed E-state index contributed by atoms with van der Waals surface area (Å²) in [5.74, 6) is -1.99. The monoisotopic (exact) mass is 354 g/mol. The number of nitrogens with two attached hydrogens (primary N) is 2. The smallest absolute Gasteiger partial charge is 0.359 e. The highest BCUT2D eigenvalue weighted by Gasteiger charge is 2.25. The number of hydrogen-bond acceptors (Lipinski definition) is 6. The molecular formula is C10H9Cl3N4O4. The number of rotatable bonds is 3. The number of ether oxygens (including phenoxy) is 1. The summed E-state index contributed by atoms with van der Waals surface area (Å²) in [7, 11) is 0. The minimum absolute atomic E-state index is 0.113. The predicted octanol–water partition coefficient (Wildman–Crippen LogP) is 1.36. The number of esters is 1. The second-order valence-corrected chi connectivity index (χ2v) is 4.81. The number of nitrogen functional groups attached to an aromatic ring is 1. The van der Waals surface area contributed by atoms with Crippen molar-refractivity contribution in [1.82, 2.24) is 10.3 Å².